The Morgan fingerprint density at radius 3 is 2.58 bits per heavy atom. The molecule has 1 saturated heterocycles. The summed E-state index contributed by atoms with van der Waals surface area (Å²) in [5.41, 5.74) is -0.0834. The van der Waals surface area contributed by atoms with Crippen molar-refractivity contribution in [3.63, 3.8) is 0 Å². The van der Waals surface area contributed by atoms with Crippen LogP contribution < -0.4 is 5.32 Å². The number of hydrogen-bond donors (Lipinski definition) is 2. The topological polar surface area (TPSA) is 35.5 Å². The Hall–Kier alpha value is -0.120. The highest BCUT2D eigenvalue weighted by atomic mass is 16.3. The molecule has 3 unspecified atom stereocenters. The third kappa shape index (κ3) is 5.80. The zero-order valence-corrected chi connectivity index (χ0v) is 13.4. The molecular weight excluding hydrogens is 236 g/mol. The Labute approximate surface area is 119 Å². The highest BCUT2D eigenvalue weighted by Crippen LogP contribution is 2.23. The van der Waals surface area contributed by atoms with Crippen molar-refractivity contribution in [2.24, 2.45) is 5.92 Å². The maximum absolute atomic E-state index is 9.53. The summed E-state index contributed by atoms with van der Waals surface area (Å²) in [4.78, 5) is 2.63. The van der Waals surface area contributed by atoms with Crippen LogP contribution in [-0.2, 0) is 0 Å². The van der Waals surface area contributed by atoms with Gasteiger partial charge < -0.3 is 15.3 Å². The monoisotopic (exact) mass is 270 g/mol. The average molecular weight is 270 g/mol. The van der Waals surface area contributed by atoms with E-state index in [0.717, 1.165) is 31.3 Å². The van der Waals surface area contributed by atoms with Crippen molar-refractivity contribution in [3.8, 4) is 0 Å². The summed E-state index contributed by atoms with van der Waals surface area (Å²) >= 11 is 0. The normalized spacial score (nSPS) is 27.6. The van der Waals surface area contributed by atoms with Crippen molar-refractivity contribution >= 4 is 0 Å². The lowest BCUT2D eigenvalue weighted by Crippen LogP contribution is -2.46. The highest BCUT2D eigenvalue weighted by molar-refractivity contribution is 4.83. The largest absolute Gasteiger partial charge is 0.394 e. The first-order valence-electron chi connectivity index (χ1n) is 8.10. The van der Waals surface area contributed by atoms with Gasteiger partial charge in [0.05, 0.1) is 6.61 Å². The van der Waals surface area contributed by atoms with Crippen molar-refractivity contribution in [1.82, 2.24) is 10.2 Å². The molecule has 0 amide bonds. The quantitative estimate of drug-likeness (QED) is 0.632. The van der Waals surface area contributed by atoms with Crippen LogP contribution in [0.15, 0.2) is 0 Å². The molecule has 2 N–H and O–H groups in total. The van der Waals surface area contributed by atoms with Crippen LogP contribution in [0.1, 0.15) is 59.8 Å². The number of likely N-dealkylation sites (tertiary alicyclic amines) is 1. The number of hydrogen-bond acceptors (Lipinski definition) is 3. The van der Waals surface area contributed by atoms with E-state index in [0.29, 0.717) is 0 Å². The molecule has 0 bridgehead atoms. The molecule has 0 radical (unpaired) electrons. The fourth-order valence-electron chi connectivity index (χ4n) is 3.18. The molecule has 3 atom stereocenters. The van der Waals surface area contributed by atoms with Gasteiger partial charge in [-0.25, -0.2) is 0 Å². The Bertz CT molecular complexity index is 247. The van der Waals surface area contributed by atoms with Crippen molar-refractivity contribution in [1.29, 1.82) is 0 Å². The third-order valence-electron chi connectivity index (χ3n) is 4.49. The second-order valence-corrected chi connectivity index (χ2v) is 6.79. The first-order chi connectivity index (χ1) is 9.00. The maximum atomic E-state index is 9.53. The second kappa shape index (κ2) is 8.23. The summed E-state index contributed by atoms with van der Waals surface area (Å²) in [6, 6.07) is 0.762. The van der Waals surface area contributed by atoms with Gasteiger partial charge in [-0.2, -0.15) is 0 Å². The minimum Gasteiger partial charge on any atom is -0.394 e. The standard InChI is InChI=1S/C16H34N2O/c1-5-9-17-16(4,13-19)8-6-7-10-18-12-14(2)11-15(18)3/h14-15,17,19H,5-13H2,1-4H3. The van der Waals surface area contributed by atoms with Gasteiger partial charge in [-0.3, -0.25) is 0 Å². The van der Waals surface area contributed by atoms with E-state index in [-0.39, 0.29) is 12.1 Å². The molecule has 0 aliphatic carbocycles. The molecule has 114 valence electrons. The smallest absolute Gasteiger partial charge is 0.0610 e. The third-order valence-corrected chi connectivity index (χ3v) is 4.49. The lowest BCUT2D eigenvalue weighted by molar-refractivity contribution is 0.160. The lowest BCUT2D eigenvalue weighted by atomic mass is 9.95. The van der Waals surface area contributed by atoms with E-state index in [1.54, 1.807) is 0 Å². The van der Waals surface area contributed by atoms with Crippen LogP contribution in [0.25, 0.3) is 0 Å². The van der Waals surface area contributed by atoms with E-state index in [9.17, 15) is 5.11 Å². The molecule has 1 fully saturated rings. The van der Waals surface area contributed by atoms with Gasteiger partial charge in [-0.1, -0.05) is 20.3 Å². The van der Waals surface area contributed by atoms with Gasteiger partial charge >= 0.3 is 0 Å². The zero-order valence-electron chi connectivity index (χ0n) is 13.4. The van der Waals surface area contributed by atoms with E-state index in [2.05, 4.69) is 37.9 Å². The molecule has 19 heavy (non-hydrogen) atoms. The van der Waals surface area contributed by atoms with Crippen LogP contribution in [0, 0.1) is 5.92 Å². The van der Waals surface area contributed by atoms with Gasteiger partial charge in [0.25, 0.3) is 0 Å². The first-order valence-corrected chi connectivity index (χ1v) is 8.10. The molecule has 1 heterocycles. The number of nitrogens with one attached hydrogen (secondary N) is 1. The summed E-state index contributed by atoms with van der Waals surface area (Å²) in [7, 11) is 0. The van der Waals surface area contributed by atoms with Gasteiger partial charge in [-0.15, -0.1) is 0 Å². The van der Waals surface area contributed by atoms with Crippen molar-refractivity contribution in [2.45, 2.75) is 71.4 Å². The van der Waals surface area contributed by atoms with Gasteiger partial charge in [0.15, 0.2) is 0 Å². The highest BCUT2D eigenvalue weighted by Gasteiger charge is 2.26. The predicted molar refractivity (Wildman–Crippen MR) is 82.5 cm³/mol. The number of rotatable bonds is 9. The van der Waals surface area contributed by atoms with Gasteiger partial charge in [-0.05, 0) is 58.5 Å². The maximum Gasteiger partial charge on any atom is 0.0610 e. The molecule has 3 nitrogen and oxygen atoms in total. The van der Waals surface area contributed by atoms with Crippen LogP contribution in [-0.4, -0.2) is 47.8 Å². The number of aliphatic hydroxyl groups excluding tert-OH is 1. The number of unbranched alkanes of at least 4 members (excludes halogenated alkanes) is 1. The van der Waals surface area contributed by atoms with Gasteiger partial charge in [0.1, 0.15) is 0 Å². The first kappa shape index (κ1) is 16.9. The number of nitrogens with zero attached hydrogens (tertiary/aromatic N) is 1. The molecule has 1 aliphatic heterocycles. The van der Waals surface area contributed by atoms with Crippen LogP contribution in [0.2, 0.25) is 0 Å². The summed E-state index contributed by atoms with van der Waals surface area (Å²) < 4.78 is 0. The summed E-state index contributed by atoms with van der Waals surface area (Å²) in [6.45, 7) is 12.7. The van der Waals surface area contributed by atoms with Gasteiger partial charge in [0.2, 0.25) is 0 Å². The molecule has 3 heteroatoms. The second-order valence-electron chi connectivity index (χ2n) is 6.79. The molecule has 1 rings (SSSR count). The van der Waals surface area contributed by atoms with Crippen molar-refractivity contribution in [2.75, 3.05) is 26.2 Å². The van der Waals surface area contributed by atoms with E-state index in [4.69, 9.17) is 0 Å². The Kier molecular flexibility index (Phi) is 7.33. The van der Waals surface area contributed by atoms with E-state index < -0.39 is 0 Å². The van der Waals surface area contributed by atoms with Crippen molar-refractivity contribution < 1.29 is 5.11 Å². The van der Waals surface area contributed by atoms with Crippen LogP contribution in [0.5, 0.6) is 0 Å². The Morgan fingerprint density at radius 1 is 1.32 bits per heavy atom. The van der Waals surface area contributed by atoms with E-state index >= 15 is 0 Å². The molecule has 0 aromatic carbocycles. The summed E-state index contributed by atoms with van der Waals surface area (Å²) in [6.07, 6.45) is 6.00. The fourth-order valence-corrected chi connectivity index (χ4v) is 3.18. The number of aliphatic hydroxyl groups is 1. The Morgan fingerprint density at radius 2 is 2.05 bits per heavy atom. The zero-order chi connectivity index (χ0) is 14.3. The van der Waals surface area contributed by atoms with E-state index in [1.807, 2.05) is 0 Å². The van der Waals surface area contributed by atoms with Crippen LogP contribution in [0.4, 0.5) is 0 Å². The molecule has 1 aliphatic rings. The summed E-state index contributed by atoms with van der Waals surface area (Å²) in [5.74, 6) is 0.865. The molecule has 0 spiro atoms. The van der Waals surface area contributed by atoms with Crippen LogP contribution in [0.3, 0.4) is 0 Å². The predicted octanol–water partition coefficient (Wildman–Crippen LogP) is 2.64. The summed E-state index contributed by atoms with van der Waals surface area (Å²) in [5, 5.41) is 13.0. The van der Waals surface area contributed by atoms with Crippen molar-refractivity contribution in [3.05, 3.63) is 0 Å². The minimum absolute atomic E-state index is 0.0834. The van der Waals surface area contributed by atoms with Gasteiger partial charge in [0, 0.05) is 18.1 Å². The lowest BCUT2D eigenvalue weighted by Gasteiger charge is -2.29. The molecule has 0 saturated carbocycles. The average Bonchev–Trinajstić information content (AvgIpc) is 2.71. The molecule has 0 aromatic heterocycles. The minimum atomic E-state index is -0.0834. The van der Waals surface area contributed by atoms with Crippen LogP contribution >= 0.6 is 0 Å². The SMILES string of the molecule is CCCNC(C)(CO)CCCCN1CC(C)CC1C. The fraction of sp³-hybridized carbons (Fsp3) is 1.00. The molecule has 0 aromatic rings. The Balaban J connectivity index is 2.18. The van der Waals surface area contributed by atoms with E-state index in [1.165, 1.54) is 32.4 Å². The molecular formula is C16H34N2O.